The lowest BCUT2D eigenvalue weighted by Crippen LogP contribution is -2.09. The Bertz CT molecular complexity index is 703. The Morgan fingerprint density at radius 2 is 2.05 bits per heavy atom. The number of hydrogen-bond acceptors (Lipinski definition) is 4. The normalized spacial score (nSPS) is 13.6. The van der Waals surface area contributed by atoms with Crippen LogP contribution in [0.3, 0.4) is 0 Å². The highest BCUT2D eigenvalue weighted by atomic mass is 35.5. The summed E-state index contributed by atoms with van der Waals surface area (Å²) in [5.74, 6) is -0.449. The topological polar surface area (TPSA) is 72.3 Å². The highest BCUT2D eigenvalue weighted by molar-refractivity contribution is 6.30. The highest BCUT2D eigenvalue weighted by Crippen LogP contribution is 2.32. The van der Waals surface area contributed by atoms with Crippen molar-refractivity contribution in [2.45, 2.75) is 25.7 Å². The van der Waals surface area contributed by atoms with Crippen LogP contribution < -0.4 is 4.74 Å². The molecule has 6 heteroatoms. The lowest BCUT2D eigenvalue weighted by Gasteiger charge is -2.17. The summed E-state index contributed by atoms with van der Waals surface area (Å²) >= 11 is 5.93. The number of nitrogens with zero attached hydrogens (tertiary/aromatic N) is 2. The fourth-order valence-electron chi connectivity index (χ4n) is 2.44. The molecule has 1 aromatic carbocycles. The molecule has 1 aliphatic rings. The van der Waals surface area contributed by atoms with Crippen molar-refractivity contribution in [2.24, 2.45) is 0 Å². The molecule has 1 heterocycles. The average Bonchev–Trinajstić information content (AvgIpc) is 2.47. The van der Waals surface area contributed by atoms with Gasteiger partial charge >= 0.3 is 5.97 Å². The smallest absolute Gasteiger partial charge is 0.339 e. The van der Waals surface area contributed by atoms with Crippen LogP contribution in [0, 0.1) is 0 Å². The molecule has 2 aromatic rings. The molecule has 0 radical (unpaired) electrons. The fraction of sp³-hybridized carbons (Fsp3) is 0.267. The van der Waals surface area contributed by atoms with Gasteiger partial charge in [-0.25, -0.2) is 14.8 Å². The lowest BCUT2D eigenvalue weighted by molar-refractivity contribution is 0.0694. The number of halogens is 1. The van der Waals surface area contributed by atoms with Gasteiger partial charge in [-0.2, -0.15) is 0 Å². The third-order valence-electron chi connectivity index (χ3n) is 3.47. The Balaban J connectivity index is 2.01. The summed E-state index contributed by atoms with van der Waals surface area (Å²) in [5.41, 5.74) is 1.99. The van der Waals surface area contributed by atoms with Crippen LogP contribution in [0.1, 0.15) is 34.5 Å². The number of hydrogen-bond donors (Lipinski definition) is 1. The molecule has 1 N–H and O–H groups in total. The number of carboxylic acid groups (broad SMARTS) is 1. The van der Waals surface area contributed by atoms with E-state index in [1.165, 1.54) is 24.5 Å². The molecule has 21 heavy (non-hydrogen) atoms. The first-order valence-corrected chi connectivity index (χ1v) is 7.06. The van der Waals surface area contributed by atoms with E-state index in [1.54, 1.807) is 0 Å². The van der Waals surface area contributed by atoms with Gasteiger partial charge < -0.3 is 9.84 Å². The van der Waals surface area contributed by atoms with Crippen LogP contribution in [-0.4, -0.2) is 21.0 Å². The number of carbonyl (C=O) groups is 1. The molecule has 0 atom stereocenters. The highest BCUT2D eigenvalue weighted by Gasteiger charge is 2.19. The van der Waals surface area contributed by atoms with Crippen LogP contribution in [0.5, 0.6) is 11.6 Å². The van der Waals surface area contributed by atoms with E-state index < -0.39 is 5.97 Å². The summed E-state index contributed by atoms with van der Waals surface area (Å²) < 4.78 is 5.73. The third-order valence-corrected chi connectivity index (χ3v) is 3.70. The van der Waals surface area contributed by atoms with Crippen molar-refractivity contribution in [1.82, 2.24) is 9.97 Å². The number of aromatic carboxylic acids is 1. The van der Waals surface area contributed by atoms with Crippen LogP contribution in [0.25, 0.3) is 0 Å². The molecule has 0 fully saturated rings. The number of carboxylic acids is 1. The largest absolute Gasteiger partial charge is 0.478 e. The molecule has 0 amide bonds. The molecule has 0 unspecified atom stereocenters. The molecule has 0 aliphatic heterocycles. The monoisotopic (exact) mass is 304 g/mol. The molecule has 1 aromatic heterocycles. The van der Waals surface area contributed by atoms with Crippen molar-refractivity contribution in [1.29, 1.82) is 0 Å². The van der Waals surface area contributed by atoms with Gasteiger partial charge in [0.15, 0.2) is 0 Å². The molecular formula is C15H13ClN2O3. The van der Waals surface area contributed by atoms with Gasteiger partial charge in [0.2, 0.25) is 5.88 Å². The summed E-state index contributed by atoms with van der Waals surface area (Å²) in [6, 6.07) is 4.43. The lowest BCUT2D eigenvalue weighted by atomic mass is 9.97. The van der Waals surface area contributed by atoms with E-state index >= 15 is 0 Å². The van der Waals surface area contributed by atoms with Crippen molar-refractivity contribution in [3.63, 3.8) is 0 Å². The van der Waals surface area contributed by atoms with Crippen LogP contribution in [0.2, 0.25) is 5.02 Å². The van der Waals surface area contributed by atoms with Crippen molar-refractivity contribution in [3.8, 4) is 11.6 Å². The van der Waals surface area contributed by atoms with Gasteiger partial charge in [-0.05, 0) is 37.8 Å². The Labute approximate surface area is 126 Å². The Kier molecular flexibility index (Phi) is 3.75. The van der Waals surface area contributed by atoms with Crippen molar-refractivity contribution < 1.29 is 14.6 Å². The molecule has 0 bridgehead atoms. The molecular weight excluding hydrogens is 292 g/mol. The van der Waals surface area contributed by atoms with E-state index in [1.807, 2.05) is 0 Å². The zero-order chi connectivity index (χ0) is 14.8. The number of rotatable bonds is 3. The second-order valence-corrected chi connectivity index (χ2v) is 5.30. The van der Waals surface area contributed by atoms with Crippen LogP contribution >= 0.6 is 11.6 Å². The SMILES string of the molecule is O=C(O)c1ccc(Cl)cc1Oc1ncnc2c1CCCC2. The maximum Gasteiger partial charge on any atom is 0.339 e. The Morgan fingerprint density at radius 1 is 1.24 bits per heavy atom. The average molecular weight is 305 g/mol. The van der Waals surface area contributed by atoms with Gasteiger partial charge in [0, 0.05) is 16.7 Å². The van der Waals surface area contributed by atoms with Gasteiger partial charge in [-0.3, -0.25) is 0 Å². The van der Waals surface area contributed by atoms with Crippen molar-refractivity contribution in [3.05, 3.63) is 46.4 Å². The minimum absolute atomic E-state index is 0.0579. The maximum absolute atomic E-state index is 11.3. The van der Waals surface area contributed by atoms with Crippen molar-refractivity contribution >= 4 is 17.6 Å². The number of benzene rings is 1. The summed E-state index contributed by atoms with van der Waals surface area (Å²) in [7, 11) is 0. The van der Waals surface area contributed by atoms with Crippen LogP contribution in [0.15, 0.2) is 24.5 Å². The summed E-state index contributed by atoms with van der Waals surface area (Å²) in [4.78, 5) is 19.7. The second kappa shape index (κ2) is 5.69. The summed E-state index contributed by atoms with van der Waals surface area (Å²) in [6.07, 6.45) is 5.34. The predicted molar refractivity (Wildman–Crippen MR) is 77.2 cm³/mol. The van der Waals surface area contributed by atoms with E-state index in [0.717, 1.165) is 36.9 Å². The Morgan fingerprint density at radius 3 is 2.86 bits per heavy atom. The van der Waals surface area contributed by atoms with Crippen LogP contribution in [-0.2, 0) is 12.8 Å². The zero-order valence-electron chi connectivity index (χ0n) is 11.2. The minimum Gasteiger partial charge on any atom is -0.478 e. The van der Waals surface area contributed by atoms with E-state index in [2.05, 4.69) is 9.97 Å². The Hall–Kier alpha value is -2.14. The molecule has 3 rings (SSSR count). The molecule has 0 saturated heterocycles. The first-order valence-electron chi connectivity index (χ1n) is 6.68. The van der Waals surface area contributed by atoms with E-state index in [9.17, 15) is 9.90 Å². The second-order valence-electron chi connectivity index (χ2n) is 4.86. The number of ether oxygens (including phenoxy) is 1. The first-order chi connectivity index (χ1) is 10.1. The van der Waals surface area contributed by atoms with Crippen LogP contribution in [0.4, 0.5) is 0 Å². The quantitative estimate of drug-likeness (QED) is 0.939. The molecule has 108 valence electrons. The zero-order valence-corrected chi connectivity index (χ0v) is 11.9. The number of fused-ring (bicyclic) bond motifs is 1. The number of aromatic nitrogens is 2. The van der Waals surface area contributed by atoms with Gasteiger partial charge in [0.05, 0.1) is 5.69 Å². The van der Waals surface area contributed by atoms with E-state index in [0.29, 0.717) is 10.9 Å². The molecule has 0 saturated carbocycles. The minimum atomic E-state index is -1.07. The maximum atomic E-state index is 11.3. The van der Waals surface area contributed by atoms with Gasteiger partial charge in [0.25, 0.3) is 0 Å². The molecule has 1 aliphatic carbocycles. The summed E-state index contributed by atoms with van der Waals surface area (Å²) in [6.45, 7) is 0. The van der Waals surface area contributed by atoms with Gasteiger partial charge in [-0.15, -0.1) is 0 Å². The van der Waals surface area contributed by atoms with E-state index in [4.69, 9.17) is 16.3 Å². The molecule has 0 spiro atoms. The predicted octanol–water partition coefficient (Wildman–Crippen LogP) is 3.50. The molecule has 5 nitrogen and oxygen atoms in total. The first kappa shape index (κ1) is 13.8. The fourth-order valence-corrected chi connectivity index (χ4v) is 2.60. The standard InChI is InChI=1S/C15H13ClN2O3/c16-9-5-6-11(15(19)20)13(7-9)21-14-10-3-1-2-4-12(10)17-8-18-14/h5-8H,1-4H2,(H,19,20). The number of aryl methyl sites for hydroxylation is 1. The third kappa shape index (κ3) is 2.83. The van der Waals surface area contributed by atoms with Crippen molar-refractivity contribution in [2.75, 3.05) is 0 Å². The summed E-state index contributed by atoms with van der Waals surface area (Å²) in [5, 5.41) is 9.63. The van der Waals surface area contributed by atoms with Gasteiger partial charge in [-0.1, -0.05) is 11.6 Å². The van der Waals surface area contributed by atoms with Gasteiger partial charge in [0.1, 0.15) is 17.6 Å². The van der Waals surface area contributed by atoms with E-state index in [-0.39, 0.29) is 11.3 Å².